The molecule has 0 aliphatic carbocycles. The molecule has 0 amide bonds. The molecular formula is C27H30O17. The second-order valence-electron chi connectivity index (χ2n) is 10.3. The third-order valence-electron chi connectivity index (χ3n) is 7.35. The van der Waals surface area contributed by atoms with Crippen LogP contribution < -0.4 is 10.2 Å². The van der Waals surface area contributed by atoms with Crippen molar-refractivity contribution >= 4 is 11.0 Å². The maximum absolute atomic E-state index is 12.9. The summed E-state index contributed by atoms with van der Waals surface area (Å²) in [6.45, 7) is -1.40. The lowest BCUT2D eigenvalue weighted by molar-refractivity contribution is -0.323. The van der Waals surface area contributed by atoms with Gasteiger partial charge in [0.1, 0.15) is 65.7 Å². The summed E-state index contributed by atoms with van der Waals surface area (Å²) in [5.41, 5.74) is -1.25. The van der Waals surface area contributed by atoms with Crippen LogP contribution in [-0.2, 0) is 14.2 Å². The second-order valence-corrected chi connectivity index (χ2v) is 10.3. The Bertz CT molecular complexity index is 1560. The van der Waals surface area contributed by atoms with Crippen molar-refractivity contribution in [1.29, 1.82) is 0 Å². The third-order valence-corrected chi connectivity index (χ3v) is 7.35. The number of hydrogen-bond acceptors (Lipinski definition) is 17. The van der Waals surface area contributed by atoms with E-state index in [1.165, 1.54) is 6.07 Å². The zero-order valence-electron chi connectivity index (χ0n) is 22.4. The fourth-order valence-corrected chi connectivity index (χ4v) is 4.87. The average molecular weight is 627 g/mol. The van der Waals surface area contributed by atoms with Gasteiger partial charge < -0.3 is 79.5 Å². The van der Waals surface area contributed by atoms with Gasteiger partial charge in [0, 0.05) is 17.7 Å². The van der Waals surface area contributed by atoms with Crippen molar-refractivity contribution in [3.8, 4) is 40.1 Å². The number of phenols is 4. The monoisotopic (exact) mass is 626 g/mol. The normalized spacial score (nSPS) is 32.5. The Hall–Kier alpha value is -3.75. The molecule has 0 spiro atoms. The molecule has 17 heteroatoms. The number of benzene rings is 2. The molecule has 5 rings (SSSR count). The Morgan fingerprint density at radius 1 is 0.682 bits per heavy atom. The molecule has 0 unspecified atom stereocenters. The summed E-state index contributed by atoms with van der Waals surface area (Å²) in [7, 11) is 0. The molecule has 3 aromatic rings. The fraction of sp³-hybridized carbons (Fsp3) is 0.444. The molecule has 17 nitrogen and oxygen atoms in total. The van der Waals surface area contributed by atoms with Crippen LogP contribution in [0.25, 0.3) is 22.3 Å². The first kappa shape index (κ1) is 31.7. The molecule has 0 saturated carbocycles. The van der Waals surface area contributed by atoms with E-state index in [1.54, 1.807) is 0 Å². The van der Waals surface area contributed by atoms with Gasteiger partial charge in [-0.25, -0.2) is 0 Å². The molecular weight excluding hydrogens is 596 g/mol. The van der Waals surface area contributed by atoms with Crippen LogP contribution in [0.2, 0.25) is 0 Å². The van der Waals surface area contributed by atoms with Gasteiger partial charge >= 0.3 is 0 Å². The van der Waals surface area contributed by atoms with Crippen LogP contribution in [0, 0.1) is 0 Å². The lowest BCUT2D eigenvalue weighted by Gasteiger charge is -2.42. The van der Waals surface area contributed by atoms with Gasteiger partial charge in [0.15, 0.2) is 34.6 Å². The average Bonchev–Trinajstić information content (AvgIpc) is 2.99. The Labute approximate surface area is 246 Å². The first-order valence-electron chi connectivity index (χ1n) is 13.2. The number of rotatable bonds is 7. The lowest BCUT2D eigenvalue weighted by atomic mass is 9.98. The van der Waals surface area contributed by atoms with Gasteiger partial charge in [0.2, 0.25) is 12.0 Å². The predicted octanol–water partition coefficient (Wildman–Crippen LogP) is -2.71. The lowest BCUT2D eigenvalue weighted by Crippen LogP contribution is -2.62. The number of aliphatic hydroxyl groups is 7. The molecule has 1 aromatic heterocycles. The fourth-order valence-electron chi connectivity index (χ4n) is 4.87. The maximum Gasteiger partial charge on any atom is 0.229 e. The van der Waals surface area contributed by atoms with Gasteiger partial charge in [0.05, 0.1) is 13.2 Å². The molecule has 44 heavy (non-hydrogen) atoms. The predicted molar refractivity (Wildman–Crippen MR) is 142 cm³/mol. The zero-order valence-corrected chi connectivity index (χ0v) is 22.4. The third kappa shape index (κ3) is 5.73. The molecule has 0 radical (unpaired) electrons. The SMILES string of the molecule is O=c1cc(-c2ccc(O)c(O)c2)oc2c(O[C@@H]3O[C@H](CO[C@@H]4O[C@H](CO)[C@@H](O)[C@H](O)[C@H]4O)[C@@H](O)[C@H](O)[C@H]3O)c(O)cc(O)c12. The van der Waals surface area contributed by atoms with Crippen LogP contribution >= 0.6 is 0 Å². The van der Waals surface area contributed by atoms with Crippen molar-refractivity contribution in [3.63, 3.8) is 0 Å². The molecule has 2 saturated heterocycles. The van der Waals surface area contributed by atoms with Crippen molar-refractivity contribution in [2.45, 2.75) is 61.4 Å². The smallest absolute Gasteiger partial charge is 0.229 e. The molecule has 2 aliphatic heterocycles. The number of ether oxygens (including phenoxy) is 4. The highest BCUT2D eigenvalue weighted by Gasteiger charge is 2.48. The van der Waals surface area contributed by atoms with Crippen molar-refractivity contribution in [1.82, 2.24) is 0 Å². The largest absolute Gasteiger partial charge is 0.507 e. The molecule has 11 N–H and O–H groups in total. The van der Waals surface area contributed by atoms with E-state index in [4.69, 9.17) is 23.4 Å². The van der Waals surface area contributed by atoms with E-state index in [0.717, 1.165) is 24.3 Å². The van der Waals surface area contributed by atoms with Crippen LogP contribution in [0.1, 0.15) is 0 Å². The summed E-state index contributed by atoms with van der Waals surface area (Å²) < 4.78 is 27.5. The Morgan fingerprint density at radius 3 is 1.98 bits per heavy atom. The van der Waals surface area contributed by atoms with Crippen LogP contribution in [0.5, 0.6) is 28.7 Å². The Balaban J connectivity index is 1.43. The highest BCUT2D eigenvalue weighted by atomic mass is 16.7. The minimum atomic E-state index is -1.97. The topological polar surface area (TPSA) is 290 Å². The van der Waals surface area contributed by atoms with E-state index in [9.17, 15) is 61.0 Å². The number of hydrogen-bond donors (Lipinski definition) is 11. The van der Waals surface area contributed by atoms with Gasteiger partial charge in [-0.3, -0.25) is 4.79 Å². The summed E-state index contributed by atoms with van der Waals surface area (Å²) in [4.78, 5) is 12.9. The van der Waals surface area contributed by atoms with E-state index >= 15 is 0 Å². The van der Waals surface area contributed by atoms with Gasteiger partial charge in [-0.2, -0.15) is 0 Å². The molecule has 0 bridgehead atoms. The number of aliphatic hydroxyl groups excluding tert-OH is 7. The molecule has 240 valence electrons. The summed E-state index contributed by atoms with van der Waals surface area (Å²) in [5.74, 6) is -3.33. The van der Waals surface area contributed by atoms with Crippen LogP contribution in [-0.4, -0.2) is 131 Å². The van der Waals surface area contributed by atoms with Gasteiger partial charge in [-0.05, 0) is 18.2 Å². The first-order valence-corrected chi connectivity index (χ1v) is 13.2. The standard InChI is InChI=1S/C27H30O17/c28-6-15-18(34)20(36)22(38)26(42-15)40-7-16-19(35)21(37)23(39)27(43-16)44-24-13(33)4-11(31)17-12(32)5-14(41-25(17)24)8-1-2-9(29)10(30)3-8/h1-5,15-16,18-23,26-31,33-39H,6-7H2/t15-,16-,18-,19-,20+,21+,22-,23-,26-,27+/m1/s1. The quantitative estimate of drug-likeness (QED) is 0.119. The van der Waals surface area contributed by atoms with E-state index in [1.807, 2.05) is 0 Å². The van der Waals surface area contributed by atoms with E-state index in [-0.39, 0.29) is 11.3 Å². The molecule has 2 aliphatic rings. The number of phenolic OH excluding ortho intramolecular Hbond substituents is 4. The summed E-state index contributed by atoms with van der Waals surface area (Å²) in [6, 6.07) is 5.22. The molecule has 10 atom stereocenters. The molecule has 2 fully saturated rings. The van der Waals surface area contributed by atoms with E-state index in [2.05, 4.69) is 0 Å². The summed E-state index contributed by atoms with van der Waals surface area (Å²) in [5, 5.41) is 111. The number of fused-ring (bicyclic) bond motifs is 1. The van der Waals surface area contributed by atoms with E-state index in [0.29, 0.717) is 0 Å². The highest BCUT2D eigenvalue weighted by Crippen LogP contribution is 2.42. The Morgan fingerprint density at radius 2 is 1.32 bits per heavy atom. The van der Waals surface area contributed by atoms with Gasteiger partial charge in [-0.15, -0.1) is 0 Å². The zero-order chi connectivity index (χ0) is 32.0. The van der Waals surface area contributed by atoms with E-state index < -0.39 is 120 Å². The van der Waals surface area contributed by atoms with Crippen LogP contribution in [0.15, 0.2) is 39.5 Å². The minimum Gasteiger partial charge on any atom is -0.507 e. The van der Waals surface area contributed by atoms with Crippen LogP contribution in [0.4, 0.5) is 0 Å². The van der Waals surface area contributed by atoms with Gasteiger partial charge in [0.25, 0.3) is 0 Å². The molecule has 3 heterocycles. The minimum absolute atomic E-state index is 0.103. The highest BCUT2D eigenvalue weighted by molar-refractivity contribution is 5.91. The maximum atomic E-state index is 12.9. The molecule has 2 aromatic carbocycles. The van der Waals surface area contributed by atoms with Crippen molar-refractivity contribution in [2.75, 3.05) is 13.2 Å². The summed E-state index contributed by atoms with van der Waals surface area (Å²) in [6.07, 6.45) is -17.3. The summed E-state index contributed by atoms with van der Waals surface area (Å²) >= 11 is 0. The number of aromatic hydroxyl groups is 4. The van der Waals surface area contributed by atoms with Crippen molar-refractivity contribution < 1.29 is 79.5 Å². The van der Waals surface area contributed by atoms with Gasteiger partial charge in [-0.1, -0.05) is 0 Å². The second kappa shape index (κ2) is 12.3. The van der Waals surface area contributed by atoms with Crippen LogP contribution in [0.3, 0.4) is 0 Å². The first-order chi connectivity index (χ1) is 20.8. The van der Waals surface area contributed by atoms with Crippen molar-refractivity contribution in [2.24, 2.45) is 0 Å². The van der Waals surface area contributed by atoms with Crippen molar-refractivity contribution in [3.05, 3.63) is 40.6 Å². The Kier molecular flexibility index (Phi) is 8.87.